The van der Waals surface area contributed by atoms with Crippen molar-refractivity contribution in [1.29, 1.82) is 0 Å². The minimum absolute atomic E-state index is 0.305. The molecule has 1 saturated carbocycles. The summed E-state index contributed by atoms with van der Waals surface area (Å²) in [6, 6.07) is 1.79. The topological polar surface area (TPSA) is 35.6 Å². The quantitative estimate of drug-likeness (QED) is 0.812. The molecule has 1 aliphatic carbocycles. The Labute approximate surface area is 116 Å². The molecule has 2 atom stereocenters. The maximum Gasteiger partial charge on any atom is 0.236 e. The van der Waals surface area contributed by atoms with E-state index < -0.39 is 0 Å². The van der Waals surface area contributed by atoms with Crippen LogP contribution in [0.4, 0.5) is 0 Å². The highest BCUT2D eigenvalue weighted by molar-refractivity contribution is 5.79. The maximum absolute atomic E-state index is 12.2. The fourth-order valence-electron chi connectivity index (χ4n) is 3.83. The van der Waals surface area contributed by atoms with Gasteiger partial charge in [-0.3, -0.25) is 9.69 Å². The third kappa shape index (κ3) is 2.95. The highest BCUT2D eigenvalue weighted by Crippen LogP contribution is 2.28. The molecule has 3 rings (SSSR count). The van der Waals surface area contributed by atoms with Crippen molar-refractivity contribution in [2.45, 2.75) is 63.6 Å². The van der Waals surface area contributed by atoms with E-state index in [1.54, 1.807) is 0 Å². The zero-order valence-corrected chi connectivity index (χ0v) is 12.1. The van der Waals surface area contributed by atoms with Gasteiger partial charge >= 0.3 is 0 Å². The van der Waals surface area contributed by atoms with E-state index in [2.05, 4.69) is 22.0 Å². The largest absolute Gasteiger partial charge is 0.339 e. The second-order valence-corrected chi connectivity index (χ2v) is 6.29. The van der Waals surface area contributed by atoms with Crippen LogP contribution in [-0.4, -0.2) is 60.0 Å². The van der Waals surface area contributed by atoms with Crippen molar-refractivity contribution in [1.82, 2.24) is 15.1 Å². The molecule has 2 saturated heterocycles. The van der Waals surface area contributed by atoms with Crippen LogP contribution in [0.1, 0.15) is 45.4 Å². The summed E-state index contributed by atoms with van der Waals surface area (Å²) in [6.07, 6.45) is 7.65. The van der Waals surface area contributed by atoms with Gasteiger partial charge in [0.2, 0.25) is 5.91 Å². The van der Waals surface area contributed by atoms with Gasteiger partial charge in [-0.25, -0.2) is 0 Å². The van der Waals surface area contributed by atoms with Gasteiger partial charge in [-0.15, -0.1) is 0 Å². The van der Waals surface area contributed by atoms with Crippen molar-refractivity contribution < 1.29 is 4.79 Å². The lowest BCUT2D eigenvalue weighted by molar-refractivity contribution is -0.130. The van der Waals surface area contributed by atoms with Crippen molar-refractivity contribution in [2.75, 3.05) is 26.2 Å². The van der Waals surface area contributed by atoms with Crippen LogP contribution in [0, 0.1) is 0 Å². The second kappa shape index (κ2) is 5.80. The van der Waals surface area contributed by atoms with Gasteiger partial charge in [-0.1, -0.05) is 6.42 Å². The van der Waals surface area contributed by atoms with E-state index in [0.29, 0.717) is 30.6 Å². The van der Waals surface area contributed by atoms with E-state index in [4.69, 9.17) is 0 Å². The molecule has 0 aromatic rings. The molecule has 1 amide bonds. The molecule has 3 fully saturated rings. The smallest absolute Gasteiger partial charge is 0.236 e. The number of hydrogen-bond acceptors (Lipinski definition) is 3. The molecular weight excluding hydrogens is 238 g/mol. The molecule has 0 radical (unpaired) electrons. The molecule has 0 spiro atoms. The molecule has 4 nitrogen and oxygen atoms in total. The van der Waals surface area contributed by atoms with Gasteiger partial charge in [0, 0.05) is 31.2 Å². The molecule has 108 valence electrons. The number of nitrogens with zero attached hydrogens (tertiary/aromatic N) is 2. The highest BCUT2D eigenvalue weighted by Gasteiger charge is 2.36. The Morgan fingerprint density at radius 3 is 2.79 bits per heavy atom. The molecule has 2 unspecified atom stereocenters. The Kier molecular flexibility index (Phi) is 4.08. The summed E-state index contributed by atoms with van der Waals surface area (Å²) >= 11 is 0. The molecule has 2 heterocycles. The van der Waals surface area contributed by atoms with E-state index in [1.165, 1.54) is 51.6 Å². The first kappa shape index (κ1) is 13.4. The Hall–Kier alpha value is -0.610. The zero-order valence-electron chi connectivity index (χ0n) is 12.1. The Balaban J connectivity index is 1.47. The highest BCUT2D eigenvalue weighted by atomic mass is 16.2. The fraction of sp³-hybridized carbons (Fsp3) is 0.933. The summed E-state index contributed by atoms with van der Waals surface area (Å²) in [5.41, 5.74) is 0. The van der Waals surface area contributed by atoms with Crippen LogP contribution in [0.25, 0.3) is 0 Å². The average Bonchev–Trinajstić information content (AvgIpc) is 3.18. The molecular formula is C15H27N3O. The zero-order chi connectivity index (χ0) is 13.2. The van der Waals surface area contributed by atoms with Crippen molar-refractivity contribution in [3.05, 3.63) is 0 Å². The van der Waals surface area contributed by atoms with Crippen molar-refractivity contribution in [3.8, 4) is 0 Å². The first-order valence-corrected chi connectivity index (χ1v) is 8.06. The number of fused-ring (bicyclic) bond motifs is 1. The van der Waals surface area contributed by atoms with Crippen molar-refractivity contribution in [3.63, 3.8) is 0 Å². The molecule has 2 aliphatic heterocycles. The lowest BCUT2D eigenvalue weighted by Gasteiger charge is -2.33. The first-order valence-electron chi connectivity index (χ1n) is 8.06. The number of rotatable bonds is 5. The third-order valence-electron chi connectivity index (χ3n) is 5.02. The monoisotopic (exact) mass is 265 g/mol. The summed E-state index contributed by atoms with van der Waals surface area (Å²) in [5, 5.41) is 3.55. The predicted octanol–water partition coefficient (Wildman–Crippen LogP) is 1.21. The molecule has 0 bridgehead atoms. The Morgan fingerprint density at radius 2 is 2.05 bits per heavy atom. The number of likely N-dealkylation sites (N-methyl/N-ethyl adjacent to an activating group) is 1. The minimum Gasteiger partial charge on any atom is -0.339 e. The molecule has 0 aromatic heterocycles. The second-order valence-electron chi connectivity index (χ2n) is 6.29. The van der Waals surface area contributed by atoms with Gasteiger partial charge in [-0.05, 0) is 45.6 Å². The molecule has 1 N–H and O–H groups in total. The minimum atomic E-state index is 0.305. The van der Waals surface area contributed by atoms with Gasteiger partial charge in [0.1, 0.15) is 0 Å². The first-order chi connectivity index (χ1) is 9.29. The fourth-order valence-corrected chi connectivity index (χ4v) is 3.83. The predicted molar refractivity (Wildman–Crippen MR) is 76.0 cm³/mol. The van der Waals surface area contributed by atoms with Gasteiger partial charge in [-0.2, -0.15) is 0 Å². The summed E-state index contributed by atoms with van der Waals surface area (Å²) in [6.45, 7) is 5.98. The third-order valence-corrected chi connectivity index (χ3v) is 5.02. The lowest BCUT2D eigenvalue weighted by atomic mass is 9.99. The average molecular weight is 265 g/mol. The summed E-state index contributed by atoms with van der Waals surface area (Å²) in [7, 11) is 0. The van der Waals surface area contributed by atoms with Crippen LogP contribution in [-0.2, 0) is 4.79 Å². The molecule has 3 aliphatic rings. The number of piperidine rings is 1. The van der Waals surface area contributed by atoms with E-state index in [1.807, 2.05) is 0 Å². The van der Waals surface area contributed by atoms with E-state index in [-0.39, 0.29) is 0 Å². The van der Waals surface area contributed by atoms with Crippen LogP contribution in [0.2, 0.25) is 0 Å². The number of amides is 1. The van der Waals surface area contributed by atoms with Gasteiger partial charge in [0.15, 0.2) is 0 Å². The summed E-state index contributed by atoms with van der Waals surface area (Å²) in [5.74, 6) is 0.305. The van der Waals surface area contributed by atoms with E-state index in [0.717, 1.165) is 6.54 Å². The van der Waals surface area contributed by atoms with Gasteiger partial charge < -0.3 is 10.2 Å². The summed E-state index contributed by atoms with van der Waals surface area (Å²) < 4.78 is 0. The Bertz CT molecular complexity index is 329. The number of nitrogens with one attached hydrogen (secondary N) is 1. The molecule has 0 aromatic carbocycles. The van der Waals surface area contributed by atoms with Gasteiger partial charge in [0.05, 0.1) is 6.54 Å². The summed E-state index contributed by atoms with van der Waals surface area (Å²) in [4.78, 5) is 16.9. The Morgan fingerprint density at radius 1 is 1.21 bits per heavy atom. The van der Waals surface area contributed by atoms with Crippen LogP contribution in [0.15, 0.2) is 0 Å². The number of carbonyl (C=O) groups is 1. The maximum atomic E-state index is 12.2. The van der Waals surface area contributed by atoms with Crippen LogP contribution in [0.3, 0.4) is 0 Å². The van der Waals surface area contributed by atoms with Crippen molar-refractivity contribution >= 4 is 5.91 Å². The SMILES string of the molecule is CCN(C(=O)CNC1CCN2CCCCC12)C1CC1. The van der Waals surface area contributed by atoms with Crippen molar-refractivity contribution in [2.24, 2.45) is 0 Å². The molecule has 4 heteroatoms. The van der Waals surface area contributed by atoms with Crippen LogP contribution < -0.4 is 5.32 Å². The normalized spacial score (nSPS) is 31.2. The van der Waals surface area contributed by atoms with E-state index in [9.17, 15) is 4.79 Å². The van der Waals surface area contributed by atoms with Crippen LogP contribution in [0.5, 0.6) is 0 Å². The van der Waals surface area contributed by atoms with E-state index >= 15 is 0 Å². The molecule has 19 heavy (non-hydrogen) atoms. The van der Waals surface area contributed by atoms with Gasteiger partial charge in [0.25, 0.3) is 0 Å². The van der Waals surface area contributed by atoms with Crippen LogP contribution >= 0.6 is 0 Å². The lowest BCUT2D eigenvalue weighted by Crippen LogP contribution is -2.48. The number of carbonyl (C=O) groups excluding carboxylic acids is 1. The standard InChI is InChI=1S/C15H27N3O/c1-2-18(12-6-7-12)15(19)11-16-13-8-10-17-9-4-3-5-14(13)17/h12-14,16H,2-11H2,1H3. The number of hydrogen-bond donors (Lipinski definition) is 1.